The summed E-state index contributed by atoms with van der Waals surface area (Å²) in [6, 6.07) is 18.2. The van der Waals surface area contributed by atoms with Crippen molar-refractivity contribution in [1.29, 1.82) is 0 Å². The van der Waals surface area contributed by atoms with Gasteiger partial charge in [-0.25, -0.2) is 9.59 Å². The Balaban J connectivity index is 0.000000242. The van der Waals surface area contributed by atoms with E-state index in [9.17, 15) is 9.59 Å². The Bertz CT molecular complexity index is 874. The number of aliphatic carboxylic acids is 2. The zero-order valence-corrected chi connectivity index (χ0v) is 15.9. The van der Waals surface area contributed by atoms with Gasteiger partial charge in [-0.15, -0.1) is 0 Å². The van der Waals surface area contributed by atoms with Gasteiger partial charge in [-0.3, -0.25) is 0 Å². The van der Waals surface area contributed by atoms with Crippen molar-refractivity contribution in [3.05, 3.63) is 82.9 Å². The van der Waals surface area contributed by atoms with E-state index in [2.05, 4.69) is 60.5 Å². The van der Waals surface area contributed by atoms with Crippen molar-refractivity contribution in [3.8, 4) is 0 Å². The average Bonchev–Trinajstić information content (AvgIpc) is 2.81. The molecule has 28 heavy (non-hydrogen) atoms. The molecule has 2 atom stereocenters. The summed E-state index contributed by atoms with van der Waals surface area (Å²) in [4.78, 5) is 21.6. The molecule has 0 amide bonds. The van der Waals surface area contributed by atoms with Crippen molar-refractivity contribution in [1.82, 2.24) is 4.90 Å². The van der Waals surface area contributed by atoms with Crippen LogP contribution >= 0.6 is 0 Å². The van der Waals surface area contributed by atoms with Gasteiger partial charge in [-0.05, 0) is 54.6 Å². The average molecular weight is 379 g/mol. The number of rotatable bonds is 2. The predicted molar refractivity (Wildman–Crippen MR) is 108 cm³/mol. The molecule has 0 spiro atoms. The van der Waals surface area contributed by atoms with Crippen molar-refractivity contribution < 1.29 is 19.8 Å². The number of fused-ring (bicyclic) bond motifs is 5. The second-order valence-electron chi connectivity index (χ2n) is 7.35. The van der Waals surface area contributed by atoms with Crippen molar-refractivity contribution in [2.24, 2.45) is 0 Å². The highest BCUT2D eigenvalue weighted by Crippen LogP contribution is 2.44. The lowest BCUT2D eigenvalue weighted by atomic mass is 9.77. The lowest BCUT2D eigenvalue weighted by molar-refractivity contribution is -0.134. The van der Waals surface area contributed by atoms with Gasteiger partial charge in [0.2, 0.25) is 0 Å². The van der Waals surface area contributed by atoms with Crippen molar-refractivity contribution in [2.45, 2.75) is 24.7 Å². The maximum absolute atomic E-state index is 9.55. The topological polar surface area (TPSA) is 77.8 Å². The SMILES string of the molecule is CN1CCC2c3ccccc3Cc3ccccc3C2C1.O=C(O)/C=C\C(=O)O. The summed E-state index contributed by atoms with van der Waals surface area (Å²) in [7, 11) is 2.26. The molecule has 2 N–H and O–H groups in total. The normalized spacial score (nSPS) is 20.8. The van der Waals surface area contributed by atoms with Gasteiger partial charge >= 0.3 is 11.9 Å². The zero-order chi connectivity index (χ0) is 20.1. The summed E-state index contributed by atoms with van der Waals surface area (Å²) >= 11 is 0. The van der Waals surface area contributed by atoms with Gasteiger partial charge in [0.25, 0.3) is 0 Å². The van der Waals surface area contributed by atoms with Gasteiger partial charge in [0.15, 0.2) is 0 Å². The minimum Gasteiger partial charge on any atom is -0.478 e. The number of hydrogen-bond acceptors (Lipinski definition) is 3. The van der Waals surface area contributed by atoms with Crippen LogP contribution in [0, 0.1) is 0 Å². The molecular weight excluding hydrogens is 354 g/mol. The van der Waals surface area contributed by atoms with E-state index in [1.807, 2.05) is 0 Å². The first kappa shape index (κ1) is 19.8. The highest BCUT2D eigenvalue weighted by molar-refractivity contribution is 5.89. The molecule has 2 aromatic rings. The molecule has 1 aliphatic heterocycles. The van der Waals surface area contributed by atoms with E-state index in [0.717, 1.165) is 6.42 Å². The summed E-state index contributed by atoms with van der Waals surface area (Å²) < 4.78 is 0. The Kier molecular flexibility index (Phi) is 6.26. The third kappa shape index (κ3) is 4.67. The van der Waals surface area contributed by atoms with Crippen LogP contribution in [0.25, 0.3) is 0 Å². The van der Waals surface area contributed by atoms with Crippen molar-refractivity contribution in [3.63, 3.8) is 0 Å². The van der Waals surface area contributed by atoms with E-state index in [4.69, 9.17) is 10.2 Å². The van der Waals surface area contributed by atoms with E-state index >= 15 is 0 Å². The number of carboxylic acids is 2. The number of hydrogen-bond donors (Lipinski definition) is 2. The van der Waals surface area contributed by atoms with E-state index in [1.54, 1.807) is 11.1 Å². The quantitative estimate of drug-likeness (QED) is 0.781. The Labute approximate surface area is 164 Å². The fourth-order valence-electron chi connectivity index (χ4n) is 4.26. The zero-order valence-electron chi connectivity index (χ0n) is 15.9. The van der Waals surface area contributed by atoms with Gasteiger partial charge in [-0.2, -0.15) is 0 Å². The molecule has 2 unspecified atom stereocenters. The van der Waals surface area contributed by atoms with Crippen LogP contribution < -0.4 is 0 Å². The lowest BCUT2D eigenvalue weighted by Crippen LogP contribution is -2.35. The molecular formula is C23H25NO4. The fourth-order valence-corrected chi connectivity index (χ4v) is 4.26. The highest BCUT2D eigenvalue weighted by atomic mass is 16.4. The Morgan fingerprint density at radius 1 is 0.893 bits per heavy atom. The number of carboxylic acid groups (broad SMARTS) is 2. The number of likely N-dealkylation sites (N-methyl/N-ethyl adjacent to an activating group) is 1. The Morgan fingerprint density at radius 2 is 1.39 bits per heavy atom. The first-order chi connectivity index (χ1) is 13.5. The molecule has 5 nitrogen and oxygen atoms in total. The van der Waals surface area contributed by atoms with Crippen LogP contribution in [0.4, 0.5) is 0 Å². The lowest BCUT2D eigenvalue weighted by Gasteiger charge is -2.37. The van der Waals surface area contributed by atoms with Gasteiger partial charge in [-0.1, -0.05) is 48.5 Å². The molecule has 1 heterocycles. The molecule has 5 heteroatoms. The van der Waals surface area contributed by atoms with Crippen LogP contribution in [-0.2, 0) is 16.0 Å². The van der Waals surface area contributed by atoms with E-state index < -0.39 is 11.9 Å². The standard InChI is InChI=1S/C19H21N.C4H4O4/c1-20-11-10-18-16-8-4-2-6-14(16)12-15-7-3-5-9-17(15)19(18)13-20;5-3(6)1-2-4(7)8/h2-9,18-19H,10-13H2,1H3;1-2H,(H,5,6)(H,7,8)/b;2-1-. The summed E-state index contributed by atoms with van der Waals surface area (Å²) in [5.41, 5.74) is 6.25. The number of piperidine rings is 1. The third-order valence-electron chi connectivity index (χ3n) is 5.47. The smallest absolute Gasteiger partial charge is 0.328 e. The van der Waals surface area contributed by atoms with Crippen molar-refractivity contribution >= 4 is 11.9 Å². The van der Waals surface area contributed by atoms with Gasteiger partial charge in [0, 0.05) is 24.6 Å². The summed E-state index contributed by atoms with van der Waals surface area (Å²) in [6.07, 6.45) is 3.50. The molecule has 0 saturated carbocycles. The molecule has 0 bridgehead atoms. The van der Waals surface area contributed by atoms with Crippen LogP contribution in [0.15, 0.2) is 60.7 Å². The minimum atomic E-state index is -1.26. The summed E-state index contributed by atoms with van der Waals surface area (Å²) in [5.74, 6) is -1.15. The number of likely N-dealkylation sites (tertiary alicyclic amines) is 1. The maximum atomic E-state index is 9.55. The minimum absolute atomic E-state index is 0.558. The summed E-state index contributed by atoms with van der Waals surface area (Å²) in [6.45, 7) is 2.41. The number of nitrogens with zero attached hydrogens (tertiary/aromatic N) is 1. The van der Waals surface area contributed by atoms with Gasteiger partial charge in [0.05, 0.1) is 0 Å². The Morgan fingerprint density at radius 3 is 1.93 bits per heavy atom. The molecule has 146 valence electrons. The molecule has 2 aliphatic rings. The largest absolute Gasteiger partial charge is 0.478 e. The van der Waals surface area contributed by atoms with Crippen LogP contribution in [0.1, 0.15) is 40.5 Å². The summed E-state index contributed by atoms with van der Waals surface area (Å²) in [5, 5.41) is 15.6. The van der Waals surface area contributed by atoms with Crippen molar-refractivity contribution in [2.75, 3.05) is 20.1 Å². The second kappa shape index (κ2) is 8.85. The van der Waals surface area contributed by atoms with Crippen LogP contribution in [-0.4, -0.2) is 47.2 Å². The first-order valence-electron chi connectivity index (χ1n) is 9.43. The first-order valence-corrected chi connectivity index (χ1v) is 9.43. The molecule has 1 saturated heterocycles. The molecule has 4 rings (SSSR count). The molecule has 0 aromatic heterocycles. The van der Waals surface area contributed by atoms with Gasteiger partial charge < -0.3 is 15.1 Å². The van der Waals surface area contributed by atoms with Crippen LogP contribution in [0.5, 0.6) is 0 Å². The second-order valence-corrected chi connectivity index (χ2v) is 7.35. The van der Waals surface area contributed by atoms with Crippen LogP contribution in [0.2, 0.25) is 0 Å². The fraction of sp³-hybridized carbons (Fsp3) is 0.304. The number of carbonyl (C=O) groups is 2. The third-order valence-corrected chi connectivity index (χ3v) is 5.47. The maximum Gasteiger partial charge on any atom is 0.328 e. The highest BCUT2D eigenvalue weighted by Gasteiger charge is 2.34. The molecule has 0 radical (unpaired) electrons. The van der Waals surface area contributed by atoms with E-state index in [1.165, 1.54) is 30.6 Å². The van der Waals surface area contributed by atoms with Crippen LogP contribution in [0.3, 0.4) is 0 Å². The van der Waals surface area contributed by atoms with Gasteiger partial charge in [0.1, 0.15) is 0 Å². The van der Waals surface area contributed by atoms with E-state index in [-0.39, 0.29) is 0 Å². The van der Waals surface area contributed by atoms with E-state index in [0.29, 0.717) is 24.0 Å². The monoisotopic (exact) mass is 379 g/mol. The Hall–Kier alpha value is -2.92. The molecule has 2 aromatic carbocycles. The predicted octanol–water partition coefficient (Wildman–Crippen LogP) is 3.51. The number of benzene rings is 2. The molecule has 1 aliphatic carbocycles. The molecule has 1 fully saturated rings.